The maximum absolute atomic E-state index is 9.09. The molecule has 0 spiro atoms. The zero-order valence-corrected chi connectivity index (χ0v) is 10.8. The molecule has 3 nitrogen and oxygen atoms in total. The molecular weight excluding hydrogens is 266 g/mol. The maximum atomic E-state index is 9.09. The van der Waals surface area contributed by atoms with E-state index in [0.29, 0.717) is 12.0 Å². The van der Waals surface area contributed by atoms with Crippen LogP contribution in [0, 0.1) is 22.7 Å². The summed E-state index contributed by atoms with van der Waals surface area (Å²) < 4.78 is 0.781. The summed E-state index contributed by atoms with van der Waals surface area (Å²) in [4.78, 5) is 1.95. The lowest BCUT2D eigenvalue weighted by atomic mass is 10.1. The minimum atomic E-state index is 0.0893. The van der Waals surface area contributed by atoms with E-state index in [4.69, 9.17) is 10.5 Å². The molecule has 0 saturated heterocycles. The summed E-state index contributed by atoms with van der Waals surface area (Å²) in [5, 5.41) is 17.8. The zero-order chi connectivity index (χ0) is 12.1. The fraction of sp³-hybridized carbons (Fsp3) is 0.333. The highest BCUT2D eigenvalue weighted by Gasteiger charge is 2.14. The second-order valence-electron chi connectivity index (χ2n) is 3.57. The van der Waals surface area contributed by atoms with E-state index >= 15 is 0 Å². The minimum Gasteiger partial charge on any atom is -0.370 e. The normalized spacial score (nSPS) is 11.3. The number of nitriles is 2. The molecule has 4 heteroatoms. The Balaban J connectivity index is 3.10. The van der Waals surface area contributed by atoms with Crippen LogP contribution in [0.25, 0.3) is 0 Å². The lowest BCUT2D eigenvalue weighted by molar-refractivity contribution is 0.702. The van der Waals surface area contributed by atoms with Gasteiger partial charge in [0.1, 0.15) is 6.07 Å². The monoisotopic (exact) mass is 277 g/mol. The molecule has 16 heavy (non-hydrogen) atoms. The third kappa shape index (κ3) is 2.53. The van der Waals surface area contributed by atoms with Crippen molar-refractivity contribution in [3.8, 4) is 12.1 Å². The van der Waals surface area contributed by atoms with E-state index in [1.54, 1.807) is 0 Å². The Hall–Kier alpha value is -1.52. The van der Waals surface area contributed by atoms with Gasteiger partial charge in [-0.3, -0.25) is 0 Å². The molecule has 0 fully saturated rings. The van der Waals surface area contributed by atoms with Gasteiger partial charge in [0.25, 0.3) is 0 Å². The van der Waals surface area contributed by atoms with Gasteiger partial charge in [-0.05, 0) is 35.0 Å². The molecule has 0 aliphatic rings. The van der Waals surface area contributed by atoms with Gasteiger partial charge in [-0.15, -0.1) is 0 Å². The fourth-order valence-corrected chi connectivity index (χ4v) is 1.87. The summed E-state index contributed by atoms with van der Waals surface area (Å²) in [6.45, 7) is 1.96. The van der Waals surface area contributed by atoms with Crippen LogP contribution < -0.4 is 4.90 Å². The molecule has 0 aliphatic heterocycles. The second-order valence-corrected chi connectivity index (χ2v) is 4.42. The van der Waals surface area contributed by atoms with Crippen LogP contribution in [-0.2, 0) is 0 Å². The summed E-state index contributed by atoms with van der Waals surface area (Å²) in [6, 6.07) is 10.0. The number of benzene rings is 1. The van der Waals surface area contributed by atoms with Gasteiger partial charge in [-0.25, -0.2) is 0 Å². The molecule has 82 valence electrons. The van der Waals surface area contributed by atoms with Crippen LogP contribution in [-0.4, -0.2) is 13.1 Å². The van der Waals surface area contributed by atoms with Crippen molar-refractivity contribution in [2.24, 2.45) is 0 Å². The largest absolute Gasteiger partial charge is 0.370 e. The minimum absolute atomic E-state index is 0.0893. The van der Waals surface area contributed by atoms with Crippen LogP contribution in [0.4, 0.5) is 5.69 Å². The van der Waals surface area contributed by atoms with Crippen LogP contribution in [0.1, 0.15) is 18.9 Å². The lowest BCUT2D eigenvalue weighted by Gasteiger charge is -2.26. The van der Waals surface area contributed by atoms with Crippen molar-refractivity contribution < 1.29 is 0 Å². The fourth-order valence-electron chi connectivity index (χ4n) is 1.42. The molecule has 0 amide bonds. The summed E-state index contributed by atoms with van der Waals surface area (Å²) >= 11 is 3.35. The van der Waals surface area contributed by atoms with Crippen LogP contribution >= 0.6 is 15.9 Å². The Labute approximate surface area is 104 Å². The molecule has 1 aromatic rings. The SMILES string of the molecule is CC(CC#N)N(C)c1cccc(Br)c1C#N. The molecule has 0 N–H and O–H groups in total. The van der Waals surface area contributed by atoms with Crippen molar-refractivity contribution in [2.75, 3.05) is 11.9 Å². The Morgan fingerprint density at radius 2 is 2.12 bits per heavy atom. The van der Waals surface area contributed by atoms with E-state index in [-0.39, 0.29) is 6.04 Å². The van der Waals surface area contributed by atoms with E-state index in [1.807, 2.05) is 37.1 Å². The van der Waals surface area contributed by atoms with Gasteiger partial charge in [0.2, 0.25) is 0 Å². The molecule has 0 aliphatic carbocycles. The highest BCUT2D eigenvalue weighted by atomic mass is 79.9. The van der Waals surface area contributed by atoms with Crippen molar-refractivity contribution in [3.05, 3.63) is 28.2 Å². The van der Waals surface area contributed by atoms with Gasteiger partial charge in [-0.2, -0.15) is 10.5 Å². The molecule has 0 radical (unpaired) electrons. The van der Waals surface area contributed by atoms with Gasteiger partial charge in [0.15, 0.2) is 0 Å². The first-order chi connectivity index (χ1) is 7.61. The Kier molecular flexibility index (Phi) is 4.34. The van der Waals surface area contributed by atoms with Crippen molar-refractivity contribution in [1.82, 2.24) is 0 Å². The first kappa shape index (κ1) is 12.5. The third-order valence-electron chi connectivity index (χ3n) is 2.53. The first-order valence-electron chi connectivity index (χ1n) is 4.90. The second kappa shape index (κ2) is 5.53. The van der Waals surface area contributed by atoms with E-state index in [2.05, 4.69) is 28.1 Å². The summed E-state index contributed by atoms with van der Waals surface area (Å²) in [5.41, 5.74) is 1.45. The molecule has 1 atom stereocenters. The number of halogens is 1. The van der Waals surface area contributed by atoms with Crippen molar-refractivity contribution in [3.63, 3.8) is 0 Å². The van der Waals surface area contributed by atoms with Gasteiger partial charge >= 0.3 is 0 Å². The number of anilines is 1. The Morgan fingerprint density at radius 3 is 2.69 bits per heavy atom. The first-order valence-corrected chi connectivity index (χ1v) is 5.69. The molecular formula is C12H12BrN3. The molecule has 0 saturated carbocycles. The standard InChI is InChI=1S/C12H12BrN3/c1-9(6-7-14)16(2)12-5-3-4-11(13)10(12)8-15/h3-5,9H,6H2,1-2H3. The number of nitrogens with zero attached hydrogens (tertiary/aromatic N) is 3. The van der Waals surface area contributed by atoms with Crippen molar-refractivity contribution in [1.29, 1.82) is 10.5 Å². The van der Waals surface area contributed by atoms with Crippen LogP contribution in [0.5, 0.6) is 0 Å². The molecule has 0 bridgehead atoms. The molecule has 0 aromatic heterocycles. The van der Waals surface area contributed by atoms with Gasteiger partial charge in [-0.1, -0.05) is 6.07 Å². The smallest absolute Gasteiger partial charge is 0.103 e. The van der Waals surface area contributed by atoms with Gasteiger partial charge in [0.05, 0.1) is 23.7 Å². The topological polar surface area (TPSA) is 50.8 Å². The average Bonchev–Trinajstić information content (AvgIpc) is 2.28. The van der Waals surface area contributed by atoms with Crippen LogP contribution in [0.3, 0.4) is 0 Å². The molecule has 1 unspecified atom stereocenters. The highest BCUT2D eigenvalue weighted by Crippen LogP contribution is 2.27. The number of rotatable bonds is 3. The average molecular weight is 278 g/mol. The maximum Gasteiger partial charge on any atom is 0.103 e. The molecule has 1 aromatic carbocycles. The van der Waals surface area contributed by atoms with E-state index in [9.17, 15) is 0 Å². The van der Waals surface area contributed by atoms with Gasteiger partial charge in [0, 0.05) is 17.6 Å². The van der Waals surface area contributed by atoms with E-state index < -0.39 is 0 Å². The zero-order valence-electron chi connectivity index (χ0n) is 9.24. The number of hydrogen-bond donors (Lipinski definition) is 0. The molecule has 0 heterocycles. The summed E-state index contributed by atoms with van der Waals surface area (Å²) in [7, 11) is 1.89. The predicted octanol–water partition coefficient (Wildman–Crippen LogP) is 3.06. The van der Waals surface area contributed by atoms with Crippen molar-refractivity contribution >= 4 is 21.6 Å². The van der Waals surface area contributed by atoms with Crippen LogP contribution in [0.2, 0.25) is 0 Å². The summed E-state index contributed by atoms with van der Waals surface area (Å²) in [6.07, 6.45) is 0.438. The quantitative estimate of drug-likeness (QED) is 0.853. The van der Waals surface area contributed by atoms with Gasteiger partial charge < -0.3 is 4.90 Å². The molecule has 1 rings (SSSR count). The van der Waals surface area contributed by atoms with E-state index in [0.717, 1.165) is 10.2 Å². The van der Waals surface area contributed by atoms with Crippen molar-refractivity contribution in [2.45, 2.75) is 19.4 Å². The highest BCUT2D eigenvalue weighted by molar-refractivity contribution is 9.10. The van der Waals surface area contributed by atoms with Crippen LogP contribution in [0.15, 0.2) is 22.7 Å². The Morgan fingerprint density at radius 1 is 1.44 bits per heavy atom. The third-order valence-corrected chi connectivity index (χ3v) is 3.19. The Bertz CT molecular complexity index is 456. The predicted molar refractivity (Wildman–Crippen MR) is 67.0 cm³/mol. The summed E-state index contributed by atoms with van der Waals surface area (Å²) in [5.74, 6) is 0. The lowest BCUT2D eigenvalue weighted by Crippen LogP contribution is -2.29. The van der Waals surface area contributed by atoms with E-state index in [1.165, 1.54) is 0 Å². The number of hydrogen-bond acceptors (Lipinski definition) is 3.